The van der Waals surface area contributed by atoms with Gasteiger partial charge in [-0.05, 0) is 18.9 Å². The molecule has 0 amide bonds. The first-order chi connectivity index (χ1) is 10.6. The third kappa shape index (κ3) is 2.82. The highest BCUT2D eigenvalue weighted by atomic mass is 32.2. The minimum Gasteiger partial charge on any atom is -0.472 e. The first-order valence-corrected chi connectivity index (χ1v) is 9.47. The molecule has 0 N–H and O–H groups in total. The van der Waals surface area contributed by atoms with Gasteiger partial charge in [0, 0.05) is 44.2 Å². The molecule has 0 spiro atoms. The van der Waals surface area contributed by atoms with Gasteiger partial charge in [0.2, 0.25) is 10.0 Å². The monoisotopic (exact) mass is 326 g/mol. The molecule has 2 aliphatic heterocycles. The molecular weight excluding hydrogens is 304 g/mol. The van der Waals surface area contributed by atoms with E-state index in [1.165, 1.54) is 0 Å². The third-order valence-corrected chi connectivity index (χ3v) is 7.20. The highest BCUT2D eigenvalue weighted by molar-refractivity contribution is 7.90. The fraction of sp³-hybridized carbons (Fsp3) is 0.733. The lowest BCUT2D eigenvalue weighted by Crippen LogP contribution is -2.35. The van der Waals surface area contributed by atoms with E-state index < -0.39 is 10.0 Å². The molecule has 0 aromatic carbocycles. The molecule has 3 heterocycles. The zero-order chi connectivity index (χ0) is 15.2. The first kappa shape index (κ1) is 14.7. The van der Waals surface area contributed by atoms with Crippen molar-refractivity contribution >= 4 is 10.0 Å². The zero-order valence-corrected chi connectivity index (χ0v) is 13.4. The predicted molar refractivity (Wildman–Crippen MR) is 80.7 cm³/mol. The van der Waals surface area contributed by atoms with Gasteiger partial charge in [-0.25, -0.2) is 8.42 Å². The van der Waals surface area contributed by atoms with Crippen LogP contribution < -0.4 is 0 Å². The number of ether oxygens (including phenoxy) is 1. The summed E-state index contributed by atoms with van der Waals surface area (Å²) in [6.45, 7) is 4.39. The van der Waals surface area contributed by atoms with Crippen LogP contribution >= 0.6 is 0 Å². The van der Waals surface area contributed by atoms with Gasteiger partial charge in [-0.2, -0.15) is 4.31 Å². The number of furan rings is 1. The molecule has 6 nitrogen and oxygen atoms in total. The molecular formula is C15H22N2O4S. The molecule has 3 aliphatic rings. The van der Waals surface area contributed by atoms with Crippen LogP contribution in [-0.2, 0) is 21.3 Å². The van der Waals surface area contributed by atoms with E-state index in [4.69, 9.17) is 9.15 Å². The largest absolute Gasteiger partial charge is 0.472 e. The molecule has 2 atom stereocenters. The van der Waals surface area contributed by atoms with E-state index >= 15 is 0 Å². The Balaban J connectivity index is 1.43. The Morgan fingerprint density at radius 1 is 1.23 bits per heavy atom. The lowest BCUT2D eigenvalue weighted by atomic mass is 10.1. The third-order valence-electron chi connectivity index (χ3n) is 4.87. The molecule has 3 fully saturated rings. The van der Waals surface area contributed by atoms with Gasteiger partial charge in [-0.3, -0.25) is 4.90 Å². The molecule has 0 radical (unpaired) electrons. The van der Waals surface area contributed by atoms with Crippen LogP contribution in [0.25, 0.3) is 0 Å². The Hall–Kier alpha value is -0.890. The smallest absolute Gasteiger partial charge is 0.217 e. The van der Waals surface area contributed by atoms with Gasteiger partial charge in [0.1, 0.15) is 0 Å². The van der Waals surface area contributed by atoms with Crippen molar-refractivity contribution in [1.82, 2.24) is 9.21 Å². The molecule has 1 saturated carbocycles. The van der Waals surface area contributed by atoms with Gasteiger partial charge in [0.05, 0.1) is 30.5 Å². The van der Waals surface area contributed by atoms with Crippen molar-refractivity contribution in [3.05, 3.63) is 24.2 Å². The van der Waals surface area contributed by atoms with E-state index in [1.54, 1.807) is 16.8 Å². The Kier molecular flexibility index (Phi) is 3.76. The van der Waals surface area contributed by atoms with Crippen LogP contribution in [0.5, 0.6) is 0 Å². The van der Waals surface area contributed by atoms with E-state index in [-0.39, 0.29) is 17.3 Å². The van der Waals surface area contributed by atoms with Gasteiger partial charge < -0.3 is 9.15 Å². The molecule has 1 aromatic heterocycles. The summed E-state index contributed by atoms with van der Waals surface area (Å²) in [4.78, 5) is 2.34. The normalized spacial score (nSPS) is 31.1. The summed E-state index contributed by atoms with van der Waals surface area (Å²) >= 11 is 0. The van der Waals surface area contributed by atoms with E-state index in [2.05, 4.69) is 4.90 Å². The average molecular weight is 326 g/mol. The minimum absolute atomic E-state index is 0.0443. The van der Waals surface area contributed by atoms with Crippen LogP contribution in [0.2, 0.25) is 0 Å². The summed E-state index contributed by atoms with van der Waals surface area (Å²) in [5, 5.41) is -0.128. The lowest BCUT2D eigenvalue weighted by Gasteiger charge is -2.22. The van der Waals surface area contributed by atoms with E-state index in [1.807, 2.05) is 6.07 Å². The topological polar surface area (TPSA) is 63.0 Å². The molecule has 22 heavy (non-hydrogen) atoms. The fourth-order valence-corrected chi connectivity index (χ4v) is 5.40. The minimum atomic E-state index is -3.08. The van der Waals surface area contributed by atoms with Crippen molar-refractivity contribution in [2.75, 3.05) is 32.8 Å². The van der Waals surface area contributed by atoms with Gasteiger partial charge in [-0.15, -0.1) is 0 Å². The second-order valence-corrected chi connectivity index (χ2v) is 8.81. The summed E-state index contributed by atoms with van der Waals surface area (Å²) in [7, 11) is -3.08. The van der Waals surface area contributed by atoms with Crippen LogP contribution in [0.15, 0.2) is 23.0 Å². The number of hydrogen-bond acceptors (Lipinski definition) is 5. The van der Waals surface area contributed by atoms with Crippen LogP contribution in [-0.4, -0.2) is 61.8 Å². The van der Waals surface area contributed by atoms with Crippen molar-refractivity contribution < 1.29 is 17.6 Å². The zero-order valence-electron chi connectivity index (χ0n) is 12.6. The molecule has 4 rings (SSSR count). The molecule has 1 aliphatic carbocycles. The van der Waals surface area contributed by atoms with Gasteiger partial charge in [0.25, 0.3) is 0 Å². The molecule has 1 aromatic rings. The van der Waals surface area contributed by atoms with E-state index in [0.717, 1.165) is 38.0 Å². The number of sulfonamides is 1. The highest BCUT2D eigenvalue weighted by Crippen LogP contribution is 2.35. The summed E-state index contributed by atoms with van der Waals surface area (Å²) in [6.07, 6.45) is 5.14. The van der Waals surface area contributed by atoms with Crippen molar-refractivity contribution in [2.24, 2.45) is 5.92 Å². The van der Waals surface area contributed by atoms with E-state index in [9.17, 15) is 8.42 Å². The number of nitrogens with zero attached hydrogens (tertiary/aromatic N) is 2. The van der Waals surface area contributed by atoms with Gasteiger partial charge >= 0.3 is 0 Å². The Labute approximate surface area is 131 Å². The van der Waals surface area contributed by atoms with Crippen LogP contribution in [0.4, 0.5) is 0 Å². The van der Waals surface area contributed by atoms with Crippen molar-refractivity contribution in [3.8, 4) is 0 Å². The predicted octanol–water partition coefficient (Wildman–Crippen LogP) is 0.904. The van der Waals surface area contributed by atoms with Crippen LogP contribution in [0.3, 0.4) is 0 Å². The molecule has 0 bridgehead atoms. The maximum atomic E-state index is 12.4. The van der Waals surface area contributed by atoms with Crippen molar-refractivity contribution in [1.29, 1.82) is 0 Å². The summed E-state index contributed by atoms with van der Waals surface area (Å²) < 4.78 is 37.5. The summed E-state index contributed by atoms with van der Waals surface area (Å²) in [5.41, 5.74) is 1.15. The summed E-state index contributed by atoms with van der Waals surface area (Å²) in [6, 6.07) is 1.97. The Bertz CT molecular complexity index is 611. The number of hydrogen-bond donors (Lipinski definition) is 0. The first-order valence-electron chi connectivity index (χ1n) is 7.97. The van der Waals surface area contributed by atoms with Crippen molar-refractivity contribution in [2.45, 2.75) is 30.7 Å². The SMILES string of the molecule is O=S(=O)(C1CC1)N1C[C@@H]2CN(Cc3ccoc3)CCO[C@@H]2C1. The molecule has 0 unspecified atom stereocenters. The Morgan fingerprint density at radius 2 is 2.09 bits per heavy atom. The van der Waals surface area contributed by atoms with Gasteiger partial charge in [0.15, 0.2) is 0 Å². The summed E-state index contributed by atoms with van der Waals surface area (Å²) in [5.74, 6) is 0.267. The van der Waals surface area contributed by atoms with Crippen molar-refractivity contribution in [3.63, 3.8) is 0 Å². The van der Waals surface area contributed by atoms with Crippen LogP contribution in [0, 0.1) is 5.92 Å². The maximum Gasteiger partial charge on any atom is 0.217 e. The standard InChI is InChI=1S/C15H22N2O4S/c18-22(19,14-1-2-14)17-9-13-8-16(4-6-21-15(13)10-17)7-12-3-5-20-11-12/h3,5,11,13-15H,1-2,4,6-10H2/t13-,15+/m0/s1. The lowest BCUT2D eigenvalue weighted by molar-refractivity contribution is 0.0546. The molecule has 7 heteroatoms. The van der Waals surface area contributed by atoms with E-state index in [0.29, 0.717) is 19.7 Å². The average Bonchev–Trinajstić information content (AvgIpc) is 3.16. The van der Waals surface area contributed by atoms with Gasteiger partial charge in [-0.1, -0.05) is 0 Å². The van der Waals surface area contributed by atoms with Crippen LogP contribution in [0.1, 0.15) is 18.4 Å². The molecule has 122 valence electrons. The second-order valence-electron chi connectivity index (χ2n) is 6.60. The maximum absolute atomic E-state index is 12.4. The highest BCUT2D eigenvalue weighted by Gasteiger charge is 2.46. The Morgan fingerprint density at radius 3 is 2.82 bits per heavy atom. The number of fused-ring (bicyclic) bond motifs is 1. The fourth-order valence-electron chi connectivity index (χ4n) is 3.49. The second kappa shape index (κ2) is 5.63. The number of rotatable bonds is 4. The quantitative estimate of drug-likeness (QED) is 0.823. The molecule has 2 saturated heterocycles.